The maximum absolute atomic E-state index is 12.9. The maximum atomic E-state index is 12.9. The molecule has 1 N–H and O–H groups in total. The largest absolute Gasteiger partial charge is 0.494 e. The Bertz CT molecular complexity index is 793. The van der Waals surface area contributed by atoms with Crippen molar-refractivity contribution in [1.29, 1.82) is 0 Å². The number of carbonyl (C=O) groups excluding carboxylic acids is 2. The number of nitrogens with zero attached hydrogens (tertiary/aromatic N) is 1. The summed E-state index contributed by atoms with van der Waals surface area (Å²) in [5.41, 5.74) is 0.766. The summed E-state index contributed by atoms with van der Waals surface area (Å²) in [5.74, 6) is 0.404. The molecule has 3 rings (SSSR count). The summed E-state index contributed by atoms with van der Waals surface area (Å²) in [5, 5.41) is 2.80. The number of rotatable bonds is 7. The summed E-state index contributed by atoms with van der Waals surface area (Å²) in [6.45, 7) is 2.69. The van der Waals surface area contributed by atoms with E-state index >= 15 is 0 Å². The highest BCUT2D eigenvalue weighted by Crippen LogP contribution is 2.24. The van der Waals surface area contributed by atoms with Crippen LogP contribution in [0.25, 0.3) is 0 Å². The van der Waals surface area contributed by atoms with Gasteiger partial charge in [-0.1, -0.05) is 0 Å². The zero-order chi connectivity index (χ0) is 19.2. The minimum atomic E-state index is -0.370. The SMILES string of the molecule is CCOc1ccc(N2C[C@@H](NC(=O)COc3ccc(F)cc3)CC2=O)cc1. The van der Waals surface area contributed by atoms with E-state index in [1.165, 1.54) is 24.3 Å². The Labute approximate surface area is 156 Å². The summed E-state index contributed by atoms with van der Waals surface area (Å²) in [4.78, 5) is 26.0. The molecule has 1 saturated heterocycles. The molecule has 0 aliphatic carbocycles. The number of ether oxygens (including phenoxy) is 2. The second-order valence-electron chi connectivity index (χ2n) is 6.14. The normalized spacial score (nSPS) is 16.3. The van der Waals surface area contributed by atoms with E-state index in [2.05, 4.69) is 5.32 Å². The van der Waals surface area contributed by atoms with Crippen LogP contribution in [0.1, 0.15) is 13.3 Å². The van der Waals surface area contributed by atoms with Crippen LogP contribution in [0.4, 0.5) is 10.1 Å². The fourth-order valence-electron chi connectivity index (χ4n) is 2.89. The minimum Gasteiger partial charge on any atom is -0.494 e. The summed E-state index contributed by atoms with van der Waals surface area (Å²) in [6.07, 6.45) is 0.232. The van der Waals surface area contributed by atoms with Crippen LogP contribution >= 0.6 is 0 Å². The molecule has 0 saturated carbocycles. The summed E-state index contributed by atoms with van der Waals surface area (Å²) < 4.78 is 23.6. The third-order valence-corrected chi connectivity index (χ3v) is 4.13. The molecule has 0 radical (unpaired) electrons. The van der Waals surface area contributed by atoms with Gasteiger partial charge in [0.1, 0.15) is 17.3 Å². The number of benzene rings is 2. The van der Waals surface area contributed by atoms with Crippen molar-refractivity contribution in [3.05, 3.63) is 54.3 Å². The van der Waals surface area contributed by atoms with Gasteiger partial charge in [0, 0.05) is 18.7 Å². The van der Waals surface area contributed by atoms with Crippen molar-refractivity contribution in [1.82, 2.24) is 5.32 Å². The van der Waals surface area contributed by atoms with Gasteiger partial charge in [-0.25, -0.2) is 4.39 Å². The van der Waals surface area contributed by atoms with Crippen LogP contribution in [0.3, 0.4) is 0 Å². The van der Waals surface area contributed by atoms with Gasteiger partial charge in [-0.05, 0) is 55.5 Å². The van der Waals surface area contributed by atoms with Crippen LogP contribution in [-0.2, 0) is 9.59 Å². The van der Waals surface area contributed by atoms with Crippen molar-refractivity contribution in [2.45, 2.75) is 19.4 Å². The minimum absolute atomic E-state index is 0.0519. The van der Waals surface area contributed by atoms with Crippen molar-refractivity contribution in [3.63, 3.8) is 0 Å². The van der Waals surface area contributed by atoms with Gasteiger partial charge in [0.25, 0.3) is 5.91 Å². The van der Waals surface area contributed by atoms with Gasteiger partial charge in [-0.2, -0.15) is 0 Å². The van der Waals surface area contributed by atoms with Crippen molar-refractivity contribution in [2.75, 3.05) is 24.7 Å². The van der Waals surface area contributed by atoms with Gasteiger partial charge in [0.15, 0.2) is 6.61 Å². The number of amides is 2. The van der Waals surface area contributed by atoms with Gasteiger partial charge in [-0.15, -0.1) is 0 Å². The number of nitrogens with one attached hydrogen (secondary N) is 1. The molecule has 1 aliphatic heterocycles. The quantitative estimate of drug-likeness (QED) is 0.811. The van der Waals surface area contributed by atoms with Crippen LogP contribution in [0.15, 0.2) is 48.5 Å². The average molecular weight is 372 g/mol. The highest BCUT2D eigenvalue weighted by molar-refractivity contribution is 5.97. The number of anilines is 1. The molecule has 1 aliphatic rings. The molecule has 2 amide bonds. The molecule has 1 atom stereocenters. The second-order valence-corrected chi connectivity index (χ2v) is 6.14. The molecule has 0 aromatic heterocycles. The van der Waals surface area contributed by atoms with E-state index in [4.69, 9.17) is 9.47 Å². The predicted molar refractivity (Wildman–Crippen MR) is 98.4 cm³/mol. The lowest BCUT2D eigenvalue weighted by Crippen LogP contribution is -2.39. The lowest BCUT2D eigenvalue weighted by Gasteiger charge is -2.18. The fourth-order valence-corrected chi connectivity index (χ4v) is 2.89. The third kappa shape index (κ3) is 4.97. The predicted octanol–water partition coefficient (Wildman–Crippen LogP) is 2.52. The Hall–Kier alpha value is -3.09. The molecule has 7 heteroatoms. The Balaban J connectivity index is 1.50. The molecule has 6 nitrogen and oxygen atoms in total. The van der Waals surface area contributed by atoms with E-state index < -0.39 is 0 Å². The first-order chi connectivity index (χ1) is 13.0. The van der Waals surface area contributed by atoms with E-state index in [0.29, 0.717) is 18.9 Å². The van der Waals surface area contributed by atoms with Crippen LogP contribution in [-0.4, -0.2) is 37.6 Å². The highest BCUT2D eigenvalue weighted by Gasteiger charge is 2.31. The van der Waals surface area contributed by atoms with E-state index in [1.807, 2.05) is 31.2 Å². The lowest BCUT2D eigenvalue weighted by atomic mass is 10.2. The number of halogens is 1. The summed E-state index contributed by atoms with van der Waals surface area (Å²) in [6, 6.07) is 12.4. The molecule has 1 fully saturated rings. The number of hydrogen-bond donors (Lipinski definition) is 1. The molecule has 0 unspecified atom stereocenters. The topological polar surface area (TPSA) is 67.9 Å². The van der Waals surface area contributed by atoms with Gasteiger partial charge in [0.2, 0.25) is 5.91 Å². The zero-order valence-corrected chi connectivity index (χ0v) is 15.0. The Morgan fingerprint density at radius 1 is 1.11 bits per heavy atom. The molecule has 2 aromatic carbocycles. The van der Waals surface area contributed by atoms with Crippen LogP contribution in [0, 0.1) is 5.82 Å². The van der Waals surface area contributed by atoms with Crippen molar-refractivity contribution in [3.8, 4) is 11.5 Å². The Morgan fingerprint density at radius 2 is 1.74 bits per heavy atom. The number of carbonyl (C=O) groups is 2. The molecule has 27 heavy (non-hydrogen) atoms. The Kier molecular flexibility index (Phi) is 5.90. The van der Waals surface area contributed by atoms with E-state index in [-0.39, 0.29) is 36.7 Å². The van der Waals surface area contributed by atoms with Crippen molar-refractivity contribution < 1.29 is 23.5 Å². The molecular formula is C20H21FN2O4. The second kappa shape index (κ2) is 8.53. The van der Waals surface area contributed by atoms with E-state index in [0.717, 1.165) is 11.4 Å². The molecule has 0 bridgehead atoms. The maximum Gasteiger partial charge on any atom is 0.258 e. The Morgan fingerprint density at radius 3 is 2.41 bits per heavy atom. The first kappa shape index (κ1) is 18.7. The first-order valence-corrected chi connectivity index (χ1v) is 8.76. The zero-order valence-electron chi connectivity index (χ0n) is 15.0. The van der Waals surface area contributed by atoms with Gasteiger partial charge in [-0.3, -0.25) is 9.59 Å². The summed E-state index contributed by atoms with van der Waals surface area (Å²) >= 11 is 0. The van der Waals surface area contributed by atoms with Gasteiger partial charge in [0.05, 0.1) is 12.6 Å². The van der Waals surface area contributed by atoms with Crippen LogP contribution in [0.5, 0.6) is 11.5 Å². The van der Waals surface area contributed by atoms with Gasteiger partial charge < -0.3 is 19.7 Å². The molecular weight excluding hydrogens is 351 g/mol. The first-order valence-electron chi connectivity index (χ1n) is 8.76. The molecule has 0 spiro atoms. The van der Waals surface area contributed by atoms with Crippen molar-refractivity contribution >= 4 is 17.5 Å². The fraction of sp³-hybridized carbons (Fsp3) is 0.300. The molecule has 1 heterocycles. The van der Waals surface area contributed by atoms with Gasteiger partial charge >= 0.3 is 0 Å². The monoisotopic (exact) mass is 372 g/mol. The van der Waals surface area contributed by atoms with Crippen LogP contribution in [0.2, 0.25) is 0 Å². The van der Waals surface area contributed by atoms with Crippen molar-refractivity contribution in [2.24, 2.45) is 0 Å². The van der Waals surface area contributed by atoms with E-state index in [9.17, 15) is 14.0 Å². The molecule has 2 aromatic rings. The standard InChI is InChI=1S/C20H21FN2O4/c1-2-26-17-9-5-16(6-10-17)23-12-15(11-20(23)25)22-19(24)13-27-18-7-3-14(21)4-8-18/h3-10,15H,2,11-13H2,1H3,(H,22,24)/t15-/m0/s1. The van der Waals surface area contributed by atoms with Crippen LogP contribution < -0.4 is 19.7 Å². The third-order valence-electron chi connectivity index (χ3n) is 4.13. The molecule has 142 valence electrons. The number of hydrogen-bond acceptors (Lipinski definition) is 4. The lowest BCUT2D eigenvalue weighted by molar-refractivity contribution is -0.123. The van der Waals surface area contributed by atoms with E-state index in [1.54, 1.807) is 4.90 Å². The highest BCUT2D eigenvalue weighted by atomic mass is 19.1. The smallest absolute Gasteiger partial charge is 0.258 e. The summed E-state index contributed by atoms with van der Waals surface area (Å²) in [7, 11) is 0. The average Bonchev–Trinajstić information content (AvgIpc) is 3.02.